The van der Waals surface area contributed by atoms with Crippen molar-refractivity contribution in [3.05, 3.63) is 71.3 Å². The number of benzene rings is 2. The van der Waals surface area contributed by atoms with Gasteiger partial charge in [0.2, 0.25) is 0 Å². The predicted octanol–water partition coefficient (Wildman–Crippen LogP) is 8.41. The van der Waals surface area contributed by atoms with Crippen LogP contribution in [-0.2, 0) is 24.3 Å². The first-order valence-corrected chi connectivity index (χ1v) is 14.6. The summed E-state index contributed by atoms with van der Waals surface area (Å²) in [6.07, 6.45) is 3.32. The molecule has 4 rings (SSSR count). The average molecular weight is 531 g/mol. The van der Waals surface area contributed by atoms with Gasteiger partial charge in [0.15, 0.2) is 0 Å². The molecule has 2 aromatic rings. The molecule has 5 heteroatoms. The van der Waals surface area contributed by atoms with Crippen molar-refractivity contribution in [1.82, 2.24) is 0 Å². The maximum absolute atomic E-state index is 13.7. The largest absolute Gasteiger partial charge is 0.462 e. The lowest BCUT2D eigenvalue weighted by Crippen LogP contribution is -2.43. The average Bonchev–Trinajstić information content (AvgIpc) is 3.08. The zero-order valence-corrected chi connectivity index (χ0v) is 25.5. The molecule has 4 nitrogen and oxygen atoms in total. The summed E-state index contributed by atoms with van der Waals surface area (Å²) in [5.74, 6) is 0.521. The van der Waals surface area contributed by atoms with Crippen LogP contribution in [0, 0.1) is 11.8 Å². The topological polar surface area (TPSA) is 44.8 Å². The summed E-state index contributed by atoms with van der Waals surface area (Å²) in [6, 6.07) is 19.4. The van der Waals surface area contributed by atoms with Crippen LogP contribution in [0.5, 0.6) is 0 Å². The molecule has 3 atom stereocenters. The van der Waals surface area contributed by atoms with Crippen molar-refractivity contribution in [3.8, 4) is 11.1 Å². The fraction of sp³-hybridized carbons (Fsp3) is 0.559. The Morgan fingerprint density at radius 2 is 1.49 bits per heavy atom. The van der Waals surface area contributed by atoms with Crippen molar-refractivity contribution in [2.45, 2.75) is 111 Å². The maximum atomic E-state index is 13.7. The predicted molar refractivity (Wildman–Crippen MR) is 161 cm³/mol. The summed E-state index contributed by atoms with van der Waals surface area (Å²) in [4.78, 5) is 13.7. The lowest BCUT2D eigenvalue weighted by atomic mass is 9.64. The number of carbonyl (C=O) groups is 1. The van der Waals surface area contributed by atoms with Crippen LogP contribution in [0.2, 0.25) is 6.32 Å². The van der Waals surface area contributed by atoms with E-state index in [-0.39, 0.29) is 23.4 Å². The molecular formula is C34H47BO4. The highest BCUT2D eigenvalue weighted by Crippen LogP contribution is 2.45. The molecule has 0 spiro atoms. The second kappa shape index (κ2) is 11.3. The smallest absolute Gasteiger partial charge is 0.459 e. The molecule has 39 heavy (non-hydrogen) atoms. The van der Waals surface area contributed by atoms with Crippen LogP contribution in [0.4, 0.5) is 0 Å². The van der Waals surface area contributed by atoms with Crippen LogP contribution in [0.25, 0.3) is 11.1 Å². The Kier molecular flexibility index (Phi) is 8.54. The van der Waals surface area contributed by atoms with Crippen molar-refractivity contribution < 1.29 is 18.8 Å². The van der Waals surface area contributed by atoms with Gasteiger partial charge in [0.25, 0.3) is 0 Å². The third kappa shape index (κ3) is 6.36. The molecule has 2 aromatic carbocycles. The van der Waals surface area contributed by atoms with E-state index in [9.17, 15) is 4.79 Å². The van der Waals surface area contributed by atoms with E-state index in [2.05, 4.69) is 69.3 Å². The van der Waals surface area contributed by atoms with Gasteiger partial charge in [-0.1, -0.05) is 87.4 Å². The lowest BCUT2D eigenvalue weighted by Gasteiger charge is -2.44. The van der Waals surface area contributed by atoms with Crippen molar-refractivity contribution in [2.75, 3.05) is 0 Å². The molecule has 1 saturated heterocycles. The van der Waals surface area contributed by atoms with Crippen LogP contribution in [0.1, 0.15) is 87.1 Å². The molecule has 0 amide bonds. The Labute approximate surface area is 236 Å². The molecule has 2 aliphatic rings. The highest BCUT2D eigenvalue weighted by molar-refractivity contribution is 6.47. The van der Waals surface area contributed by atoms with Gasteiger partial charge in [0.1, 0.15) is 6.10 Å². The molecule has 0 N–H and O–H groups in total. The van der Waals surface area contributed by atoms with E-state index in [1.807, 2.05) is 47.6 Å². The fourth-order valence-corrected chi connectivity index (χ4v) is 6.14. The van der Waals surface area contributed by atoms with Crippen molar-refractivity contribution >= 4 is 13.1 Å². The normalized spacial score (nSPS) is 24.3. The molecule has 0 bridgehead atoms. The van der Waals surface area contributed by atoms with E-state index < -0.39 is 18.3 Å². The number of ether oxygens (including phenoxy) is 1. The Bertz CT molecular complexity index is 1160. The number of allylic oxidation sites excluding steroid dienone is 1. The number of hydrogen-bond donors (Lipinski definition) is 0. The second-order valence-corrected chi connectivity index (χ2v) is 13.5. The Balaban J connectivity index is 1.52. The van der Waals surface area contributed by atoms with Crippen molar-refractivity contribution in [1.29, 1.82) is 0 Å². The van der Waals surface area contributed by atoms with Crippen LogP contribution < -0.4 is 0 Å². The van der Waals surface area contributed by atoms with Gasteiger partial charge < -0.3 is 14.0 Å². The first-order chi connectivity index (χ1) is 18.2. The Morgan fingerprint density at radius 1 is 0.923 bits per heavy atom. The molecule has 1 heterocycles. The molecule has 1 aliphatic carbocycles. The van der Waals surface area contributed by atoms with E-state index in [1.165, 1.54) is 16.7 Å². The first-order valence-electron chi connectivity index (χ1n) is 14.6. The summed E-state index contributed by atoms with van der Waals surface area (Å²) in [5, 5.41) is 0. The molecule has 1 saturated carbocycles. The molecule has 0 radical (unpaired) electrons. The summed E-state index contributed by atoms with van der Waals surface area (Å²) in [7, 11) is -0.465. The van der Waals surface area contributed by atoms with Gasteiger partial charge in [0.05, 0.1) is 11.2 Å². The minimum absolute atomic E-state index is 0.141. The van der Waals surface area contributed by atoms with Crippen LogP contribution in [0.3, 0.4) is 0 Å². The highest BCUT2D eigenvalue weighted by atomic mass is 16.7. The van der Waals surface area contributed by atoms with E-state index >= 15 is 0 Å². The van der Waals surface area contributed by atoms with Gasteiger partial charge in [-0.25, -0.2) is 4.79 Å². The molecule has 2 fully saturated rings. The number of esters is 1. The van der Waals surface area contributed by atoms with Crippen LogP contribution in [-0.4, -0.2) is 30.4 Å². The third-order valence-electron chi connectivity index (χ3n) is 9.50. The fourth-order valence-electron chi connectivity index (χ4n) is 6.14. The summed E-state index contributed by atoms with van der Waals surface area (Å²) in [5.41, 5.74) is 4.32. The third-order valence-corrected chi connectivity index (χ3v) is 9.50. The summed E-state index contributed by atoms with van der Waals surface area (Å²) < 4.78 is 18.8. The standard InChI is InChI=1S/C34H47BO4/c1-23(2)28(22-35-38-33(6,7)34(8,9)39-35)31(36)37-30-21-24(3)15-20-29(30)32(4,5)27-18-16-26(17-19-27)25-13-11-10-12-14-25/h10-14,16-19,24,29-30H,15,20-22H2,1-9H3/t24-,29-,30-/m1/s1. The zero-order valence-electron chi connectivity index (χ0n) is 25.5. The maximum Gasteiger partial charge on any atom is 0.462 e. The Hall–Kier alpha value is -2.37. The van der Waals surface area contributed by atoms with Gasteiger partial charge in [-0.3, -0.25) is 0 Å². The molecule has 1 aliphatic heterocycles. The monoisotopic (exact) mass is 530 g/mol. The summed E-state index contributed by atoms with van der Waals surface area (Å²) in [6.45, 7) is 19.0. The number of carbonyl (C=O) groups excluding carboxylic acids is 1. The highest BCUT2D eigenvalue weighted by Gasteiger charge is 2.51. The molecule has 0 aromatic heterocycles. The number of hydrogen-bond acceptors (Lipinski definition) is 4. The molecular weight excluding hydrogens is 483 g/mol. The van der Waals surface area contributed by atoms with E-state index in [0.29, 0.717) is 17.8 Å². The zero-order chi connectivity index (χ0) is 28.6. The van der Waals surface area contributed by atoms with E-state index in [0.717, 1.165) is 24.8 Å². The lowest BCUT2D eigenvalue weighted by molar-refractivity contribution is -0.151. The second-order valence-electron chi connectivity index (χ2n) is 13.5. The molecule has 0 unspecified atom stereocenters. The number of rotatable bonds is 7. The van der Waals surface area contributed by atoms with Gasteiger partial charge in [-0.15, -0.1) is 0 Å². The van der Waals surface area contributed by atoms with Gasteiger partial charge >= 0.3 is 13.1 Å². The quantitative estimate of drug-likeness (QED) is 0.205. The minimum atomic E-state index is -0.465. The van der Waals surface area contributed by atoms with Crippen LogP contribution >= 0.6 is 0 Å². The van der Waals surface area contributed by atoms with Gasteiger partial charge in [-0.2, -0.15) is 0 Å². The summed E-state index contributed by atoms with van der Waals surface area (Å²) >= 11 is 0. The van der Waals surface area contributed by atoms with Crippen molar-refractivity contribution in [2.24, 2.45) is 11.8 Å². The molecule has 210 valence electrons. The minimum Gasteiger partial charge on any atom is -0.459 e. The van der Waals surface area contributed by atoms with E-state index in [1.54, 1.807) is 0 Å². The van der Waals surface area contributed by atoms with Gasteiger partial charge in [-0.05, 0) is 82.4 Å². The van der Waals surface area contributed by atoms with E-state index in [4.69, 9.17) is 14.0 Å². The van der Waals surface area contributed by atoms with Crippen molar-refractivity contribution in [3.63, 3.8) is 0 Å². The Morgan fingerprint density at radius 3 is 2.05 bits per heavy atom. The van der Waals surface area contributed by atoms with Crippen LogP contribution in [0.15, 0.2) is 65.7 Å². The SMILES string of the molecule is CC(C)=C(CB1OC(C)(C)C(C)(C)O1)C(=O)O[C@@H]1C[C@H](C)CC[C@H]1C(C)(C)c1ccc(-c2ccccc2)cc1. The first kappa shape index (κ1) is 29.6. The van der Waals surface area contributed by atoms with Gasteiger partial charge in [0, 0.05) is 17.8 Å².